The minimum absolute atomic E-state index is 0.000350. The van der Waals surface area contributed by atoms with Crippen LogP contribution < -0.4 is 24.4 Å². The van der Waals surface area contributed by atoms with E-state index >= 15 is 0 Å². The molecule has 0 radical (unpaired) electrons. The number of aromatic nitrogens is 2. The van der Waals surface area contributed by atoms with Gasteiger partial charge in [-0.25, -0.2) is 9.97 Å². The predicted octanol–water partition coefficient (Wildman–Crippen LogP) is 3.96. The summed E-state index contributed by atoms with van der Waals surface area (Å²) in [6.07, 6.45) is 3.17. The Morgan fingerprint density at radius 2 is 1.63 bits per heavy atom. The van der Waals surface area contributed by atoms with E-state index < -0.39 is 0 Å². The summed E-state index contributed by atoms with van der Waals surface area (Å²) in [6, 6.07) is 17.3. The van der Waals surface area contributed by atoms with Gasteiger partial charge in [0, 0.05) is 30.6 Å². The molecule has 8 heteroatoms. The monoisotopic (exact) mass is 476 g/mol. The highest BCUT2D eigenvalue weighted by molar-refractivity contribution is 5.79. The Hall–Kier alpha value is -3.81. The first-order chi connectivity index (χ1) is 17.2. The Kier molecular flexibility index (Phi) is 8.38. The van der Waals surface area contributed by atoms with Crippen LogP contribution in [0, 0.1) is 5.92 Å². The molecule has 1 fully saturated rings. The summed E-state index contributed by atoms with van der Waals surface area (Å²) in [5.74, 6) is 3.36. The zero-order valence-electron chi connectivity index (χ0n) is 20.3. The normalized spacial score (nSPS) is 13.8. The Labute approximate surface area is 206 Å². The van der Waals surface area contributed by atoms with Crippen LogP contribution >= 0.6 is 0 Å². The van der Waals surface area contributed by atoms with Crippen molar-refractivity contribution in [3.8, 4) is 28.5 Å². The predicted molar refractivity (Wildman–Crippen MR) is 135 cm³/mol. The Balaban J connectivity index is 1.21. The molecule has 8 nitrogen and oxygen atoms in total. The van der Waals surface area contributed by atoms with E-state index in [2.05, 4.69) is 20.2 Å². The van der Waals surface area contributed by atoms with Gasteiger partial charge in [0.1, 0.15) is 36.0 Å². The maximum absolute atomic E-state index is 12.6. The minimum Gasteiger partial charge on any atom is -0.497 e. The molecule has 184 valence electrons. The first kappa shape index (κ1) is 24.3. The molecule has 2 aromatic carbocycles. The van der Waals surface area contributed by atoms with Crippen molar-refractivity contribution in [3.05, 3.63) is 60.9 Å². The minimum atomic E-state index is -0.000350. The lowest BCUT2D eigenvalue weighted by Crippen LogP contribution is -2.41. The molecular formula is C27H32N4O4. The molecule has 2 heterocycles. The Morgan fingerprint density at radius 1 is 0.971 bits per heavy atom. The van der Waals surface area contributed by atoms with E-state index in [0.717, 1.165) is 60.3 Å². The smallest absolute Gasteiger partial charge is 0.223 e. The summed E-state index contributed by atoms with van der Waals surface area (Å²) >= 11 is 0. The van der Waals surface area contributed by atoms with E-state index in [0.29, 0.717) is 19.8 Å². The summed E-state index contributed by atoms with van der Waals surface area (Å²) in [7, 11) is 1.65. The van der Waals surface area contributed by atoms with Crippen molar-refractivity contribution >= 4 is 11.7 Å². The van der Waals surface area contributed by atoms with Crippen molar-refractivity contribution < 1.29 is 19.0 Å². The zero-order valence-corrected chi connectivity index (χ0v) is 20.3. The van der Waals surface area contributed by atoms with Crippen molar-refractivity contribution in [1.29, 1.82) is 0 Å². The van der Waals surface area contributed by atoms with Crippen LogP contribution in [0.2, 0.25) is 0 Å². The molecule has 3 aromatic rings. The van der Waals surface area contributed by atoms with Crippen LogP contribution in [0.15, 0.2) is 60.9 Å². The van der Waals surface area contributed by atoms with Gasteiger partial charge in [-0.2, -0.15) is 0 Å². The third-order valence-electron chi connectivity index (χ3n) is 6.03. The number of ether oxygens (including phenoxy) is 3. The molecule has 0 atom stereocenters. The molecule has 35 heavy (non-hydrogen) atoms. The fraction of sp³-hybridized carbons (Fsp3) is 0.370. The summed E-state index contributed by atoms with van der Waals surface area (Å²) < 4.78 is 16.4. The van der Waals surface area contributed by atoms with Gasteiger partial charge in [0.05, 0.1) is 26.0 Å². The third kappa shape index (κ3) is 6.62. The number of piperidine rings is 1. The molecule has 4 rings (SSSR count). The van der Waals surface area contributed by atoms with Gasteiger partial charge in [0.25, 0.3) is 0 Å². The van der Waals surface area contributed by atoms with Gasteiger partial charge in [-0.15, -0.1) is 0 Å². The molecule has 1 amide bonds. The largest absolute Gasteiger partial charge is 0.497 e. The number of carbonyl (C=O) groups excluding carboxylic acids is 1. The van der Waals surface area contributed by atoms with Gasteiger partial charge < -0.3 is 24.4 Å². The molecule has 1 saturated heterocycles. The second-order valence-corrected chi connectivity index (χ2v) is 8.30. The van der Waals surface area contributed by atoms with Crippen LogP contribution in [0.3, 0.4) is 0 Å². The van der Waals surface area contributed by atoms with Gasteiger partial charge in [0.2, 0.25) is 5.91 Å². The molecule has 0 saturated carbocycles. The van der Waals surface area contributed by atoms with Gasteiger partial charge in [0.15, 0.2) is 0 Å². The van der Waals surface area contributed by atoms with E-state index in [-0.39, 0.29) is 11.8 Å². The number of amides is 1. The number of methoxy groups -OCH3 is 1. The van der Waals surface area contributed by atoms with Gasteiger partial charge >= 0.3 is 0 Å². The summed E-state index contributed by atoms with van der Waals surface area (Å²) in [5.41, 5.74) is 1.88. The number of carbonyl (C=O) groups is 1. The van der Waals surface area contributed by atoms with Crippen LogP contribution in [0.25, 0.3) is 11.3 Å². The van der Waals surface area contributed by atoms with Crippen molar-refractivity contribution in [2.45, 2.75) is 19.8 Å². The maximum atomic E-state index is 12.6. The number of rotatable bonds is 10. The standard InChI is InChI=1S/C27H32N4O4/c1-3-34-23-8-10-24(11-9-23)35-17-14-28-27(32)21-12-15-31(16-13-21)26-18-25(29-19-30-26)20-4-6-22(33-2)7-5-20/h4-11,18-19,21H,3,12-17H2,1-2H3,(H,28,32). The highest BCUT2D eigenvalue weighted by Crippen LogP contribution is 2.26. The van der Waals surface area contributed by atoms with E-state index in [1.165, 1.54) is 0 Å². The van der Waals surface area contributed by atoms with E-state index in [1.54, 1.807) is 13.4 Å². The average molecular weight is 477 g/mol. The molecule has 0 spiro atoms. The van der Waals surface area contributed by atoms with Crippen LogP contribution in [0.5, 0.6) is 17.2 Å². The summed E-state index contributed by atoms with van der Waals surface area (Å²) in [4.78, 5) is 23.7. The average Bonchev–Trinajstić information content (AvgIpc) is 2.92. The molecule has 1 aromatic heterocycles. The molecule has 0 bridgehead atoms. The highest BCUT2D eigenvalue weighted by atomic mass is 16.5. The van der Waals surface area contributed by atoms with E-state index in [9.17, 15) is 4.79 Å². The SMILES string of the molecule is CCOc1ccc(OCCNC(=O)C2CCN(c3cc(-c4ccc(OC)cc4)ncn3)CC2)cc1. The lowest BCUT2D eigenvalue weighted by molar-refractivity contribution is -0.125. The van der Waals surface area contributed by atoms with Gasteiger partial charge in [-0.3, -0.25) is 4.79 Å². The molecule has 0 aliphatic carbocycles. The van der Waals surface area contributed by atoms with E-state index in [4.69, 9.17) is 14.2 Å². The second-order valence-electron chi connectivity index (χ2n) is 8.30. The van der Waals surface area contributed by atoms with Crippen LogP contribution in [-0.2, 0) is 4.79 Å². The lowest BCUT2D eigenvalue weighted by Gasteiger charge is -2.32. The molecule has 1 aliphatic heterocycles. The molecular weight excluding hydrogens is 444 g/mol. The fourth-order valence-electron chi connectivity index (χ4n) is 4.10. The lowest BCUT2D eigenvalue weighted by atomic mass is 9.96. The number of nitrogens with zero attached hydrogens (tertiary/aromatic N) is 3. The first-order valence-corrected chi connectivity index (χ1v) is 12.0. The van der Waals surface area contributed by atoms with Crippen molar-refractivity contribution in [3.63, 3.8) is 0 Å². The maximum Gasteiger partial charge on any atom is 0.223 e. The van der Waals surface area contributed by atoms with Crippen molar-refractivity contribution in [1.82, 2.24) is 15.3 Å². The Bertz CT molecular complexity index is 1080. The van der Waals surface area contributed by atoms with E-state index in [1.807, 2.05) is 61.5 Å². The van der Waals surface area contributed by atoms with Crippen LogP contribution in [0.1, 0.15) is 19.8 Å². The van der Waals surface area contributed by atoms with Gasteiger partial charge in [-0.1, -0.05) is 0 Å². The fourth-order valence-corrected chi connectivity index (χ4v) is 4.10. The third-order valence-corrected chi connectivity index (χ3v) is 6.03. The quantitative estimate of drug-likeness (QED) is 0.443. The first-order valence-electron chi connectivity index (χ1n) is 12.0. The zero-order chi connectivity index (χ0) is 24.5. The number of hydrogen-bond donors (Lipinski definition) is 1. The van der Waals surface area contributed by atoms with Gasteiger partial charge in [-0.05, 0) is 68.3 Å². The molecule has 1 N–H and O–H groups in total. The van der Waals surface area contributed by atoms with Crippen molar-refractivity contribution in [2.24, 2.45) is 5.92 Å². The topological polar surface area (TPSA) is 85.8 Å². The number of anilines is 1. The van der Waals surface area contributed by atoms with Crippen LogP contribution in [-0.4, -0.2) is 55.8 Å². The number of nitrogens with one attached hydrogen (secondary N) is 1. The number of hydrogen-bond acceptors (Lipinski definition) is 7. The number of benzene rings is 2. The second kappa shape index (κ2) is 12.1. The molecule has 1 aliphatic rings. The molecule has 0 unspecified atom stereocenters. The highest BCUT2D eigenvalue weighted by Gasteiger charge is 2.25. The van der Waals surface area contributed by atoms with Crippen molar-refractivity contribution in [2.75, 3.05) is 44.9 Å². The Morgan fingerprint density at radius 3 is 2.29 bits per heavy atom. The summed E-state index contributed by atoms with van der Waals surface area (Å²) in [5, 5.41) is 3.01. The van der Waals surface area contributed by atoms with Crippen LogP contribution in [0.4, 0.5) is 5.82 Å². The summed E-state index contributed by atoms with van der Waals surface area (Å²) in [6.45, 7) is 5.04.